The van der Waals surface area contributed by atoms with Crippen LogP contribution >= 0.6 is 0 Å². The smallest absolute Gasteiger partial charge is 0.242 e. The van der Waals surface area contributed by atoms with Gasteiger partial charge in [-0.25, -0.2) is 4.98 Å². The minimum absolute atomic E-state index is 0.252. The summed E-state index contributed by atoms with van der Waals surface area (Å²) in [6.07, 6.45) is 1.30. The van der Waals surface area contributed by atoms with Crippen LogP contribution in [0.4, 0.5) is 11.5 Å². The second kappa shape index (κ2) is 5.65. The van der Waals surface area contributed by atoms with Gasteiger partial charge in [0.15, 0.2) is 5.82 Å². The van der Waals surface area contributed by atoms with E-state index >= 15 is 0 Å². The van der Waals surface area contributed by atoms with E-state index < -0.39 is 5.54 Å². The molecule has 0 fully saturated rings. The molecule has 0 spiro atoms. The molecule has 1 aromatic heterocycles. The fourth-order valence-electron chi connectivity index (χ4n) is 1.15. The first kappa shape index (κ1) is 13.5. The molecule has 5 N–H and O–H groups in total. The molecule has 0 unspecified atom stereocenters. The number of hydrogen-bond acceptors (Lipinski definition) is 7. The van der Waals surface area contributed by atoms with E-state index in [1.165, 1.54) is 6.33 Å². The maximum Gasteiger partial charge on any atom is 0.242 e. The van der Waals surface area contributed by atoms with Crippen molar-refractivity contribution in [3.05, 3.63) is 6.33 Å². The molecule has 1 heterocycles. The number of nitrogens with zero attached hydrogens (tertiary/aromatic N) is 2. The van der Waals surface area contributed by atoms with Gasteiger partial charge in [-0.1, -0.05) is 0 Å². The Morgan fingerprint density at radius 3 is 2.59 bits per heavy atom. The van der Waals surface area contributed by atoms with Gasteiger partial charge in [-0.2, -0.15) is 4.98 Å². The van der Waals surface area contributed by atoms with Gasteiger partial charge in [0, 0.05) is 0 Å². The van der Waals surface area contributed by atoms with E-state index in [2.05, 4.69) is 15.3 Å². The molecule has 96 valence electrons. The zero-order valence-electron chi connectivity index (χ0n) is 9.97. The molecule has 0 saturated heterocycles. The van der Waals surface area contributed by atoms with E-state index in [4.69, 9.17) is 10.5 Å². The van der Waals surface area contributed by atoms with Gasteiger partial charge in [0.1, 0.15) is 12.0 Å². The Morgan fingerprint density at radius 2 is 2.06 bits per heavy atom. The van der Waals surface area contributed by atoms with E-state index in [1.54, 1.807) is 6.92 Å². The molecule has 0 saturated carbocycles. The number of ether oxygens (including phenoxy) is 1. The first-order valence-electron chi connectivity index (χ1n) is 5.29. The van der Waals surface area contributed by atoms with Gasteiger partial charge in [-0.3, -0.25) is 0 Å². The fraction of sp³-hybridized carbons (Fsp3) is 0.600. The lowest BCUT2D eigenvalue weighted by Crippen LogP contribution is -2.43. The molecular formula is C10H18N4O3. The van der Waals surface area contributed by atoms with Crippen molar-refractivity contribution >= 4 is 11.5 Å². The summed E-state index contributed by atoms with van der Waals surface area (Å²) in [5, 5.41) is 21.2. The van der Waals surface area contributed by atoms with Crippen LogP contribution in [0.15, 0.2) is 6.33 Å². The Labute approximate surface area is 99.7 Å². The summed E-state index contributed by atoms with van der Waals surface area (Å²) in [4.78, 5) is 7.84. The highest BCUT2D eigenvalue weighted by molar-refractivity contribution is 5.67. The van der Waals surface area contributed by atoms with Crippen LogP contribution in [0, 0.1) is 0 Å². The maximum atomic E-state index is 9.17. The average Bonchev–Trinajstić information content (AvgIpc) is 2.34. The quantitative estimate of drug-likeness (QED) is 0.537. The zero-order chi connectivity index (χ0) is 12.9. The summed E-state index contributed by atoms with van der Waals surface area (Å²) >= 11 is 0. The molecule has 0 radical (unpaired) electrons. The standard InChI is InChI=1S/C10H18N4O3/c1-3-17-9-7(11)8(12-6-13-9)14-10(2,4-15)5-16/h6,15-16H,3-5,11H2,1-2H3,(H,12,13,14). The second-order valence-electron chi connectivity index (χ2n) is 3.88. The SMILES string of the molecule is CCOc1ncnc(NC(C)(CO)CO)c1N. The second-order valence-corrected chi connectivity index (χ2v) is 3.88. The number of hydrogen-bond donors (Lipinski definition) is 4. The fourth-order valence-corrected chi connectivity index (χ4v) is 1.15. The Hall–Kier alpha value is -1.60. The predicted octanol–water partition coefficient (Wildman–Crippen LogP) is -0.387. The molecule has 7 heteroatoms. The Balaban J connectivity index is 2.95. The first-order chi connectivity index (χ1) is 8.06. The Morgan fingerprint density at radius 1 is 1.41 bits per heavy atom. The van der Waals surface area contributed by atoms with Crippen LogP contribution in [0.25, 0.3) is 0 Å². The van der Waals surface area contributed by atoms with Gasteiger partial charge in [-0.15, -0.1) is 0 Å². The number of anilines is 2. The van der Waals surface area contributed by atoms with Crippen LogP contribution in [0.3, 0.4) is 0 Å². The lowest BCUT2D eigenvalue weighted by atomic mass is 10.1. The first-order valence-corrected chi connectivity index (χ1v) is 5.29. The minimum Gasteiger partial charge on any atom is -0.476 e. The molecule has 0 amide bonds. The van der Waals surface area contributed by atoms with Gasteiger partial charge in [0.2, 0.25) is 5.88 Å². The summed E-state index contributed by atoms with van der Waals surface area (Å²) in [6, 6.07) is 0. The van der Waals surface area contributed by atoms with Gasteiger partial charge < -0.3 is 26.0 Å². The third-order valence-corrected chi connectivity index (χ3v) is 2.25. The number of nitrogen functional groups attached to an aromatic ring is 1. The molecule has 0 atom stereocenters. The number of aliphatic hydroxyl groups is 2. The van der Waals surface area contributed by atoms with Crippen molar-refractivity contribution in [3.63, 3.8) is 0 Å². The highest BCUT2D eigenvalue weighted by Gasteiger charge is 2.24. The van der Waals surface area contributed by atoms with E-state index in [0.717, 1.165) is 0 Å². The largest absolute Gasteiger partial charge is 0.476 e. The molecule has 0 aliphatic heterocycles. The van der Waals surface area contributed by atoms with Crippen molar-refractivity contribution in [1.82, 2.24) is 9.97 Å². The minimum atomic E-state index is -0.897. The number of rotatable bonds is 6. The van der Waals surface area contributed by atoms with E-state index in [1.807, 2.05) is 6.92 Å². The van der Waals surface area contributed by atoms with Crippen molar-refractivity contribution in [2.75, 3.05) is 30.9 Å². The number of aliphatic hydroxyl groups excluding tert-OH is 2. The average molecular weight is 242 g/mol. The Kier molecular flexibility index (Phi) is 4.47. The normalized spacial score (nSPS) is 11.3. The summed E-state index contributed by atoms with van der Waals surface area (Å²) in [5.74, 6) is 0.609. The van der Waals surface area contributed by atoms with Crippen LogP contribution in [0.5, 0.6) is 5.88 Å². The molecule has 1 aromatic rings. The highest BCUT2D eigenvalue weighted by Crippen LogP contribution is 2.26. The lowest BCUT2D eigenvalue weighted by Gasteiger charge is -2.27. The van der Waals surface area contributed by atoms with Gasteiger partial charge in [0.05, 0.1) is 25.4 Å². The van der Waals surface area contributed by atoms with Gasteiger partial charge in [0.25, 0.3) is 0 Å². The van der Waals surface area contributed by atoms with Crippen LogP contribution < -0.4 is 15.8 Å². The summed E-state index contributed by atoms with van der Waals surface area (Å²) in [5.41, 5.74) is 5.17. The lowest BCUT2D eigenvalue weighted by molar-refractivity contribution is 0.147. The third-order valence-electron chi connectivity index (χ3n) is 2.25. The summed E-state index contributed by atoms with van der Waals surface area (Å²) < 4.78 is 5.22. The molecule has 1 rings (SSSR count). The molecule has 0 aromatic carbocycles. The highest BCUT2D eigenvalue weighted by atomic mass is 16.5. The van der Waals surface area contributed by atoms with Crippen LogP contribution in [0.2, 0.25) is 0 Å². The van der Waals surface area contributed by atoms with Gasteiger partial charge in [-0.05, 0) is 13.8 Å². The van der Waals surface area contributed by atoms with Crippen LogP contribution in [0.1, 0.15) is 13.8 Å². The van der Waals surface area contributed by atoms with Crippen molar-refractivity contribution in [1.29, 1.82) is 0 Å². The number of aromatic nitrogens is 2. The number of nitrogens with two attached hydrogens (primary N) is 1. The zero-order valence-corrected chi connectivity index (χ0v) is 9.97. The number of nitrogens with one attached hydrogen (secondary N) is 1. The topological polar surface area (TPSA) is 114 Å². The molecule has 0 aliphatic rings. The summed E-state index contributed by atoms with van der Waals surface area (Å²) in [6.45, 7) is 3.40. The van der Waals surface area contributed by atoms with Crippen molar-refractivity contribution in [2.24, 2.45) is 0 Å². The van der Waals surface area contributed by atoms with Gasteiger partial charge >= 0.3 is 0 Å². The van der Waals surface area contributed by atoms with Crippen molar-refractivity contribution < 1.29 is 14.9 Å². The molecule has 7 nitrogen and oxygen atoms in total. The van der Waals surface area contributed by atoms with Crippen LogP contribution in [-0.4, -0.2) is 45.5 Å². The van der Waals surface area contributed by atoms with E-state index in [9.17, 15) is 10.2 Å². The van der Waals surface area contributed by atoms with E-state index in [-0.39, 0.29) is 24.8 Å². The Bertz CT molecular complexity index is 369. The summed E-state index contributed by atoms with van der Waals surface area (Å²) in [7, 11) is 0. The monoisotopic (exact) mass is 242 g/mol. The molecule has 0 aliphatic carbocycles. The molecule has 17 heavy (non-hydrogen) atoms. The van der Waals surface area contributed by atoms with Crippen LogP contribution in [-0.2, 0) is 0 Å². The predicted molar refractivity (Wildman–Crippen MR) is 63.8 cm³/mol. The molecule has 0 bridgehead atoms. The van der Waals surface area contributed by atoms with Crippen molar-refractivity contribution in [2.45, 2.75) is 19.4 Å². The third kappa shape index (κ3) is 3.18. The van der Waals surface area contributed by atoms with E-state index in [0.29, 0.717) is 12.4 Å². The maximum absolute atomic E-state index is 9.17. The molecular weight excluding hydrogens is 224 g/mol. The van der Waals surface area contributed by atoms with Crippen molar-refractivity contribution in [3.8, 4) is 5.88 Å².